The minimum absolute atomic E-state index is 0.00787. The molecule has 0 radical (unpaired) electrons. The quantitative estimate of drug-likeness (QED) is 0.439. The number of benzene rings is 1. The second-order valence-electron chi connectivity index (χ2n) is 4.00. The summed E-state index contributed by atoms with van der Waals surface area (Å²) in [4.78, 5) is 11.7. The minimum Gasteiger partial charge on any atom is -0.292 e. The fourth-order valence-corrected chi connectivity index (χ4v) is 1.64. The smallest absolute Gasteiger partial charge is 0.292 e. The first-order chi connectivity index (χ1) is 8.98. The Labute approximate surface area is 115 Å². The van der Waals surface area contributed by atoms with Crippen molar-refractivity contribution in [1.82, 2.24) is 0 Å². The second kappa shape index (κ2) is 5.63. The highest BCUT2D eigenvalue weighted by Crippen LogP contribution is 2.37. The van der Waals surface area contributed by atoms with Gasteiger partial charge in [-0.2, -0.15) is 26.3 Å². The summed E-state index contributed by atoms with van der Waals surface area (Å²) < 4.78 is 75.7. The van der Waals surface area contributed by atoms with Gasteiger partial charge in [-0.05, 0) is 24.6 Å². The van der Waals surface area contributed by atoms with Crippen LogP contribution < -0.4 is 0 Å². The van der Waals surface area contributed by atoms with Crippen molar-refractivity contribution in [2.45, 2.75) is 31.1 Å². The third-order valence-corrected chi connectivity index (χ3v) is 3.07. The molecule has 20 heavy (non-hydrogen) atoms. The van der Waals surface area contributed by atoms with E-state index in [-0.39, 0.29) is 24.6 Å². The van der Waals surface area contributed by atoms with Gasteiger partial charge in [-0.3, -0.25) is 4.79 Å². The number of alkyl halides is 7. The monoisotopic (exact) mass is 318 g/mol. The lowest BCUT2D eigenvalue weighted by atomic mass is 9.97. The molecular formula is C12H9ClF6O. The maximum Gasteiger partial charge on any atom is 0.417 e. The Morgan fingerprint density at radius 2 is 1.70 bits per heavy atom. The van der Waals surface area contributed by atoms with E-state index in [4.69, 9.17) is 11.6 Å². The Balaban J connectivity index is 3.46. The number of ketones is 1. The van der Waals surface area contributed by atoms with Crippen LogP contribution in [-0.2, 0) is 12.4 Å². The van der Waals surface area contributed by atoms with Crippen LogP contribution in [0.5, 0.6) is 0 Å². The summed E-state index contributed by atoms with van der Waals surface area (Å²) in [5, 5.41) is -1.31. The van der Waals surface area contributed by atoms with E-state index in [9.17, 15) is 31.1 Å². The highest BCUT2D eigenvalue weighted by atomic mass is 35.5. The first-order valence-corrected chi connectivity index (χ1v) is 5.88. The fourth-order valence-electron chi connectivity index (χ4n) is 1.53. The largest absolute Gasteiger partial charge is 0.417 e. The van der Waals surface area contributed by atoms with Gasteiger partial charge >= 0.3 is 12.4 Å². The fraction of sp³-hybridized carbons (Fsp3) is 0.417. The predicted octanol–water partition coefficient (Wildman–Crippen LogP) is 4.92. The van der Waals surface area contributed by atoms with Gasteiger partial charge in [-0.15, -0.1) is 11.6 Å². The van der Waals surface area contributed by atoms with E-state index >= 15 is 0 Å². The molecule has 0 N–H and O–H groups in total. The predicted molar refractivity (Wildman–Crippen MR) is 60.7 cm³/mol. The summed E-state index contributed by atoms with van der Waals surface area (Å²) >= 11 is 5.54. The molecule has 0 aliphatic heterocycles. The van der Waals surface area contributed by atoms with Gasteiger partial charge in [0, 0.05) is 5.56 Å². The summed E-state index contributed by atoms with van der Waals surface area (Å²) in [6, 6.07) is 0.723. The normalized spacial score (nSPS) is 14.2. The molecule has 0 amide bonds. The van der Waals surface area contributed by atoms with E-state index in [0.29, 0.717) is 0 Å². The van der Waals surface area contributed by atoms with Gasteiger partial charge in [0.15, 0.2) is 5.78 Å². The Morgan fingerprint density at radius 1 is 1.15 bits per heavy atom. The van der Waals surface area contributed by atoms with Gasteiger partial charge in [-0.25, -0.2) is 0 Å². The van der Waals surface area contributed by atoms with Crippen LogP contribution in [0.1, 0.15) is 34.8 Å². The second-order valence-corrected chi connectivity index (χ2v) is 4.52. The van der Waals surface area contributed by atoms with E-state index in [1.165, 1.54) is 6.92 Å². The molecule has 8 heteroatoms. The highest BCUT2D eigenvalue weighted by molar-refractivity contribution is 6.34. The lowest BCUT2D eigenvalue weighted by molar-refractivity contribution is -0.141. The number of hydrogen-bond donors (Lipinski definition) is 0. The van der Waals surface area contributed by atoms with Crippen molar-refractivity contribution in [3.8, 4) is 0 Å². The van der Waals surface area contributed by atoms with Gasteiger partial charge in [0.25, 0.3) is 0 Å². The van der Waals surface area contributed by atoms with Crippen molar-refractivity contribution in [3.05, 3.63) is 34.9 Å². The summed E-state index contributed by atoms with van der Waals surface area (Å²) in [6.45, 7) is 1.44. The number of rotatable bonds is 3. The molecule has 0 heterocycles. The van der Waals surface area contributed by atoms with Gasteiger partial charge in [0.2, 0.25) is 0 Å². The first-order valence-electron chi connectivity index (χ1n) is 5.45. The van der Waals surface area contributed by atoms with E-state index in [0.717, 1.165) is 0 Å². The number of hydrogen-bond acceptors (Lipinski definition) is 1. The van der Waals surface area contributed by atoms with Crippen molar-refractivity contribution in [1.29, 1.82) is 0 Å². The molecule has 1 aromatic rings. The third kappa shape index (κ3) is 3.65. The van der Waals surface area contributed by atoms with Crippen LogP contribution in [0.3, 0.4) is 0 Å². The van der Waals surface area contributed by atoms with E-state index in [1.54, 1.807) is 0 Å². The summed E-state index contributed by atoms with van der Waals surface area (Å²) in [6.07, 6.45) is -9.76. The van der Waals surface area contributed by atoms with E-state index in [2.05, 4.69) is 0 Å². The van der Waals surface area contributed by atoms with Crippen molar-refractivity contribution < 1.29 is 31.1 Å². The van der Waals surface area contributed by atoms with Gasteiger partial charge in [0.1, 0.15) is 0 Å². The third-order valence-electron chi connectivity index (χ3n) is 2.56. The van der Waals surface area contributed by atoms with Crippen molar-refractivity contribution in [2.75, 3.05) is 0 Å². The Bertz CT molecular complexity index is 506. The van der Waals surface area contributed by atoms with Crippen LogP contribution in [0.2, 0.25) is 0 Å². The maximum atomic E-state index is 12.7. The van der Waals surface area contributed by atoms with Gasteiger partial charge < -0.3 is 0 Å². The zero-order chi connectivity index (χ0) is 15.7. The molecule has 1 unspecified atom stereocenters. The SMILES string of the molecule is CCC(Cl)C(=O)c1cc(C(F)(F)F)ccc1C(F)(F)F. The minimum atomic E-state index is -4.93. The van der Waals surface area contributed by atoms with E-state index in [1.807, 2.05) is 0 Å². The first kappa shape index (κ1) is 16.8. The topological polar surface area (TPSA) is 17.1 Å². The molecule has 0 fully saturated rings. The molecule has 1 aromatic carbocycles. The Hall–Kier alpha value is -1.24. The highest BCUT2D eigenvalue weighted by Gasteiger charge is 2.39. The Kier molecular flexibility index (Phi) is 4.74. The van der Waals surface area contributed by atoms with Crippen LogP contribution in [0.15, 0.2) is 18.2 Å². The number of carbonyl (C=O) groups is 1. The number of carbonyl (C=O) groups excluding carboxylic acids is 1. The number of halogens is 7. The van der Waals surface area contributed by atoms with Crippen LogP contribution >= 0.6 is 11.6 Å². The van der Waals surface area contributed by atoms with Crippen molar-refractivity contribution in [3.63, 3.8) is 0 Å². The average molecular weight is 319 g/mol. The molecule has 0 aromatic heterocycles. The van der Waals surface area contributed by atoms with Crippen LogP contribution in [0.25, 0.3) is 0 Å². The molecule has 0 bridgehead atoms. The summed E-state index contributed by atoms with van der Waals surface area (Å²) in [7, 11) is 0. The molecule has 1 nitrogen and oxygen atoms in total. The van der Waals surface area contributed by atoms with E-state index < -0.39 is 40.2 Å². The maximum absolute atomic E-state index is 12.7. The van der Waals surface area contributed by atoms with Crippen molar-refractivity contribution >= 4 is 17.4 Å². The molecule has 0 aliphatic carbocycles. The van der Waals surface area contributed by atoms with Gasteiger partial charge in [-0.1, -0.05) is 6.92 Å². The molecule has 0 saturated heterocycles. The molecule has 0 saturated carbocycles. The zero-order valence-corrected chi connectivity index (χ0v) is 10.8. The molecule has 1 rings (SSSR count). The lowest BCUT2D eigenvalue weighted by Gasteiger charge is -2.16. The molecule has 1 atom stereocenters. The van der Waals surface area contributed by atoms with Crippen LogP contribution in [0, 0.1) is 0 Å². The zero-order valence-electron chi connectivity index (χ0n) is 10.1. The molecule has 0 aliphatic rings. The lowest BCUT2D eigenvalue weighted by Crippen LogP contribution is -2.21. The summed E-state index contributed by atoms with van der Waals surface area (Å²) in [5.41, 5.74) is -3.81. The number of Topliss-reactive ketones (excluding diaryl/α,β-unsaturated/α-hetero) is 1. The van der Waals surface area contributed by atoms with Crippen LogP contribution in [-0.4, -0.2) is 11.2 Å². The standard InChI is InChI=1S/C12H9ClF6O/c1-2-9(13)10(20)7-5-6(11(14,15)16)3-4-8(7)12(17,18)19/h3-5,9H,2H2,1H3. The Morgan fingerprint density at radius 3 is 2.10 bits per heavy atom. The van der Waals surface area contributed by atoms with Crippen LogP contribution in [0.4, 0.5) is 26.3 Å². The average Bonchev–Trinajstić information content (AvgIpc) is 2.34. The molecule has 112 valence electrons. The molecular weight excluding hydrogens is 310 g/mol. The van der Waals surface area contributed by atoms with Crippen molar-refractivity contribution in [2.24, 2.45) is 0 Å². The molecule has 0 spiro atoms. The van der Waals surface area contributed by atoms with Gasteiger partial charge in [0.05, 0.1) is 16.5 Å². The summed E-state index contributed by atoms with van der Waals surface area (Å²) in [5.74, 6) is -1.17.